The fraction of sp³-hybridized carbons (Fsp3) is 0.537. The molecule has 0 unspecified atom stereocenters. The lowest BCUT2D eigenvalue weighted by atomic mass is 9.73. The summed E-state index contributed by atoms with van der Waals surface area (Å²) in [6, 6.07) is 3.48. The number of methoxy groups -OCH3 is 1. The van der Waals surface area contributed by atoms with E-state index in [0.29, 0.717) is 24.3 Å². The highest BCUT2D eigenvalue weighted by Crippen LogP contribution is 2.51. The van der Waals surface area contributed by atoms with Crippen LogP contribution in [0.15, 0.2) is 57.5 Å². The van der Waals surface area contributed by atoms with Crippen molar-refractivity contribution in [2.24, 2.45) is 35.5 Å². The molecule has 4 bridgehead atoms. The number of fused-ring (bicyclic) bond motifs is 2. The van der Waals surface area contributed by atoms with Gasteiger partial charge in [-0.3, -0.25) is 19.2 Å². The predicted molar refractivity (Wildman–Crippen MR) is 265 cm³/mol. The van der Waals surface area contributed by atoms with E-state index in [-0.39, 0.29) is 90.9 Å². The molecule has 0 saturated carbocycles. The summed E-state index contributed by atoms with van der Waals surface area (Å²) in [4.78, 5) is 61.2. The van der Waals surface area contributed by atoms with Gasteiger partial charge in [0.15, 0.2) is 11.3 Å². The summed E-state index contributed by atoms with van der Waals surface area (Å²) in [7, 11) is 3.77. The maximum absolute atomic E-state index is 14.9. The first kappa shape index (κ1) is 51.9. The molecule has 378 valence electrons. The molecule has 1 fully saturated rings. The normalized spacial score (nSPS) is 31.8. The Hall–Kier alpha value is -5.97. The van der Waals surface area contributed by atoms with Gasteiger partial charge in [-0.1, -0.05) is 52.8 Å². The number of rotatable bonds is 6. The third-order valence-electron chi connectivity index (χ3n) is 15.8. The number of aromatic hydroxyl groups is 2. The van der Waals surface area contributed by atoms with Crippen LogP contribution in [-0.2, 0) is 23.8 Å². The van der Waals surface area contributed by atoms with Crippen molar-refractivity contribution in [3.8, 4) is 34.5 Å². The van der Waals surface area contributed by atoms with Crippen molar-refractivity contribution in [3.05, 3.63) is 69.6 Å². The summed E-state index contributed by atoms with van der Waals surface area (Å²) in [5.41, 5.74) is -1.33. The van der Waals surface area contributed by atoms with E-state index in [1.807, 2.05) is 34.6 Å². The lowest BCUT2D eigenvalue weighted by Crippen LogP contribution is -2.54. The van der Waals surface area contributed by atoms with Crippen molar-refractivity contribution in [3.63, 3.8) is 0 Å². The minimum absolute atomic E-state index is 0.0185. The third-order valence-corrected chi connectivity index (χ3v) is 15.8. The molecule has 16 nitrogen and oxygen atoms in total. The van der Waals surface area contributed by atoms with Crippen LogP contribution in [0.5, 0.6) is 23.0 Å². The van der Waals surface area contributed by atoms with Crippen LogP contribution in [0.1, 0.15) is 98.0 Å². The van der Waals surface area contributed by atoms with Gasteiger partial charge in [-0.15, -0.1) is 0 Å². The van der Waals surface area contributed by atoms with Gasteiger partial charge in [-0.2, -0.15) is 0 Å². The largest absolute Gasteiger partial charge is 0.507 e. The lowest BCUT2D eigenvalue weighted by molar-refractivity contribution is -0.935. The van der Waals surface area contributed by atoms with E-state index in [1.54, 1.807) is 37.3 Å². The highest BCUT2D eigenvalue weighted by atomic mass is 16.7. The smallest absolute Gasteiger partial charge is 0.312 e. The predicted octanol–water partition coefficient (Wildman–Crippen LogP) is 8.57. The second-order valence-electron chi connectivity index (χ2n) is 20.7. The first-order valence-corrected chi connectivity index (χ1v) is 24.3. The number of allylic oxidation sites excluding steroid dienone is 2. The van der Waals surface area contributed by atoms with Gasteiger partial charge >= 0.3 is 11.8 Å². The molecule has 1 saturated heterocycles. The highest BCUT2D eigenvalue weighted by Gasteiger charge is 2.50. The van der Waals surface area contributed by atoms with Gasteiger partial charge < -0.3 is 53.2 Å². The SMILES string of the molecule is CO[C@H]1/C=C/O[C@@]2(C)Oc3c(C)c(O)c4c(=O)c(c5oc6cc(OCC7CC[N+](C)(C(C)C)CC7)cc(O)c6nc-5c4c3C2=O)NC(=O)/C(C)=C\C=C\[C@H](C)[C@H](O)[C@@H](C)[C@@H](C)[C@@H](C)[C@H](OC(C)=O)[C@@H]1C. The van der Waals surface area contributed by atoms with E-state index in [2.05, 4.69) is 26.2 Å². The number of Topliss-reactive ketones (excluding diaryl/α,β-unsaturated/α-hetero) is 1. The third kappa shape index (κ3) is 9.61. The minimum Gasteiger partial charge on any atom is -0.507 e. The second-order valence-corrected chi connectivity index (χ2v) is 20.7. The molecule has 1 aliphatic carbocycles. The molecule has 4 aliphatic heterocycles. The number of carbonyl (C=O) groups is 3. The number of aliphatic hydroxyl groups excluding tert-OH is 1. The molecule has 0 aromatic heterocycles. The number of likely N-dealkylation sites (tertiary alicyclic amines) is 1. The maximum atomic E-state index is 14.9. The number of esters is 1. The molecule has 1 amide bonds. The lowest BCUT2D eigenvalue weighted by Gasteiger charge is -2.43. The number of ether oxygens (including phenoxy) is 5. The van der Waals surface area contributed by atoms with Gasteiger partial charge in [-0.25, -0.2) is 4.98 Å². The van der Waals surface area contributed by atoms with Crippen LogP contribution in [0, 0.1) is 42.4 Å². The summed E-state index contributed by atoms with van der Waals surface area (Å²) in [6.07, 6.45) is 7.55. The van der Waals surface area contributed by atoms with Crippen LogP contribution in [0.3, 0.4) is 0 Å². The van der Waals surface area contributed by atoms with Crippen molar-refractivity contribution >= 4 is 45.2 Å². The number of hydrogen-bond donors (Lipinski definition) is 4. The molecule has 9 atom stereocenters. The number of quaternary nitrogens is 1. The van der Waals surface area contributed by atoms with Gasteiger partial charge in [0.1, 0.15) is 46.0 Å². The van der Waals surface area contributed by atoms with Gasteiger partial charge in [0.2, 0.25) is 5.43 Å². The van der Waals surface area contributed by atoms with E-state index in [4.69, 9.17) is 33.1 Å². The number of aliphatic hydroxyl groups is 1. The number of ketones is 1. The molecule has 70 heavy (non-hydrogen) atoms. The summed E-state index contributed by atoms with van der Waals surface area (Å²) in [5, 5.41) is 37.2. The van der Waals surface area contributed by atoms with E-state index in [1.165, 1.54) is 40.2 Å². The highest BCUT2D eigenvalue weighted by molar-refractivity contribution is 6.22. The number of aromatic nitrogens is 1. The molecular formula is C54H70N3O13+. The summed E-state index contributed by atoms with van der Waals surface area (Å²) in [6.45, 7) is 22.3. The van der Waals surface area contributed by atoms with Crippen LogP contribution in [0.4, 0.5) is 5.69 Å². The fourth-order valence-corrected chi connectivity index (χ4v) is 10.3. The number of nitrogens with one attached hydrogen (secondary N) is 1. The van der Waals surface area contributed by atoms with Crippen LogP contribution < -0.4 is 20.2 Å². The Morgan fingerprint density at radius 1 is 0.986 bits per heavy atom. The van der Waals surface area contributed by atoms with E-state index < -0.39 is 58.9 Å². The second kappa shape index (κ2) is 20.0. The van der Waals surface area contributed by atoms with Gasteiger partial charge in [-0.05, 0) is 51.5 Å². The van der Waals surface area contributed by atoms with Crippen molar-refractivity contribution < 1.29 is 62.3 Å². The molecule has 0 radical (unpaired) electrons. The zero-order valence-electron chi connectivity index (χ0n) is 42.7. The summed E-state index contributed by atoms with van der Waals surface area (Å²) in [5.74, 6) is -6.07. The summed E-state index contributed by atoms with van der Waals surface area (Å²) >= 11 is 0. The van der Waals surface area contributed by atoms with Crippen LogP contribution >= 0.6 is 0 Å². The van der Waals surface area contributed by atoms with E-state index in [0.717, 1.165) is 30.4 Å². The van der Waals surface area contributed by atoms with E-state index in [9.17, 15) is 34.5 Å². The van der Waals surface area contributed by atoms with Crippen LogP contribution in [0.2, 0.25) is 0 Å². The van der Waals surface area contributed by atoms with Crippen LogP contribution in [0.25, 0.3) is 33.3 Å². The number of benzene rings is 3. The maximum Gasteiger partial charge on any atom is 0.312 e. The zero-order valence-corrected chi connectivity index (χ0v) is 42.7. The van der Waals surface area contributed by atoms with Crippen molar-refractivity contribution in [1.29, 1.82) is 0 Å². The van der Waals surface area contributed by atoms with Crippen molar-refractivity contribution in [1.82, 2.24) is 4.98 Å². The monoisotopic (exact) mass is 968 g/mol. The van der Waals surface area contributed by atoms with Gasteiger partial charge in [0.25, 0.3) is 11.7 Å². The molecule has 7 rings (SSSR count). The minimum atomic E-state index is -2.05. The summed E-state index contributed by atoms with van der Waals surface area (Å²) < 4.78 is 38.0. The standard InChI is InChI=1S/C54H69N3O13/c1-26(2)57(12)20-17-35(18-21-57)25-66-36-23-37(59)43-39(24-36)69-51-44(55-43)40-41-47(61)33(9)50-42(40)52(63)54(11,70-50)67-22-19-38(65-13)32(8)49(68-34(10)58)31(7)29(5)30(6)46(60)27(3)15-14-16-28(4)53(64)56-45(51)48(41)62/h14-16,19,22-24,26-27,29-32,35,38,46,49,60H,17-18,20-21,25H2,1-13H3,(H2-,55,56,59,61,62,63,64)/p+1/b15-14+,22-19+,28-16-/t27-,29+,30-,31+,32+,35?,38-,46-,49-,54-,57?/m0/s1. The van der Waals surface area contributed by atoms with Gasteiger partial charge in [0.05, 0.1) is 62.2 Å². The van der Waals surface area contributed by atoms with Crippen molar-refractivity contribution in [2.45, 2.75) is 119 Å². The van der Waals surface area contributed by atoms with Gasteiger partial charge in [0, 0.05) is 80.2 Å². The Morgan fingerprint density at radius 2 is 1.67 bits per heavy atom. The molecule has 5 aliphatic rings. The number of nitrogens with zero attached hydrogens (tertiary/aromatic N) is 2. The Kier molecular flexibility index (Phi) is 14.8. The van der Waals surface area contributed by atoms with Crippen molar-refractivity contribution in [2.75, 3.05) is 39.2 Å². The molecule has 2 aromatic rings. The fourth-order valence-electron chi connectivity index (χ4n) is 10.3. The molecule has 4 heterocycles. The van der Waals surface area contributed by atoms with Crippen LogP contribution in [-0.4, -0.2) is 106 Å². The quantitative estimate of drug-likeness (QED) is 0.0617. The molecule has 2 aromatic carbocycles. The number of piperidine rings is 1. The first-order chi connectivity index (χ1) is 32.9. The number of phenolic OH excluding ortho intramolecular Hbond substituents is 2. The Morgan fingerprint density at radius 3 is 2.31 bits per heavy atom. The Balaban J connectivity index is 1.39. The Labute approximate surface area is 409 Å². The zero-order chi connectivity index (χ0) is 51.3. The topological polar surface area (TPSA) is 213 Å². The number of anilines is 1. The first-order valence-electron chi connectivity index (χ1n) is 24.3. The average molecular weight is 969 g/mol. The number of amides is 1. The molecular weight excluding hydrogens is 899 g/mol. The number of hydrogen-bond acceptors (Lipinski definition) is 14. The molecule has 0 spiro atoms. The number of phenols is 2. The Bertz CT molecular complexity index is 2800. The van der Waals surface area contributed by atoms with E-state index >= 15 is 0 Å². The molecule has 16 heteroatoms. The molecule has 4 N–H and O–H groups in total. The number of carbonyl (C=O) groups excluding carboxylic acids is 3. The average Bonchev–Trinajstić information content (AvgIpc) is 3.58.